The lowest BCUT2D eigenvalue weighted by atomic mass is 9.90. The highest BCUT2D eigenvalue weighted by Gasteiger charge is 2.25. The third-order valence-electron chi connectivity index (χ3n) is 6.46. The van der Waals surface area contributed by atoms with E-state index in [0.29, 0.717) is 6.42 Å². The highest BCUT2D eigenvalue weighted by molar-refractivity contribution is 5.83. The van der Waals surface area contributed by atoms with Crippen LogP contribution in [0.4, 0.5) is 0 Å². The predicted molar refractivity (Wildman–Crippen MR) is 121 cm³/mol. The summed E-state index contributed by atoms with van der Waals surface area (Å²) in [6.45, 7) is 0. The Bertz CT molecular complexity index is 1040. The molecule has 0 saturated carbocycles. The maximum absolute atomic E-state index is 11.8. The van der Waals surface area contributed by atoms with E-state index in [4.69, 9.17) is 4.42 Å². The van der Waals surface area contributed by atoms with Crippen LogP contribution in [-0.2, 0) is 24.1 Å². The molecule has 5 nitrogen and oxygen atoms in total. The van der Waals surface area contributed by atoms with Crippen LogP contribution in [-0.4, -0.2) is 11.1 Å². The minimum atomic E-state index is -0.858. The minimum absolute atomic E-state index is 0.218. The summed E-state index contributed by atoms with van der Waals surface area (Å²) >= 11 is 0. The second kappa shape index (κ2) is 9.90. The third kappa shape index (κ3) is 5.04. The second-order valence-corrected chi connectivity index (χ2v) is 8.59. The van der Waals surface area contributed by atoms with E-state index in [9.17, 15) is 14.8 Å². The Labute approximate surface area is 182 Å². The molecule has 2 atom stereocenters. The summed E-state index contributed by atoms with van der Waals surface area (Å²) in [7, 11) is 0. The van der Waals surface area contributed by atoms with Crippen molar-refractivity contribution in [3.63, 3.8) is 0 Å². The maximum atomic E-state index is 11.8. The van der Waals surface area contributed by atoms with Crippen molar-refractivity contribution in [2.75, 3.05) is 0 Å². The number of carbonyl (C=O) groups is 1. The molecular formula is C26H29NO4. The van der Waals surface area contributed by atoms with Gasteiger partial charge in [-0.25, -0.2) is 0 Å². The summed E-state index contributed by atoms with van der Waals surface area (Å²) in [5, 5.41) is 14.1. The van der Waals surface area contributed by atoms with Gasteiger partial charge < -0.3 is 9.52 Å². The van der Waals surface area contributed by atoms with Crippen molar-refractivity contribution >= 4 is 16.9 Å². The van der Waals surface area contributed by atoms with Gasteiger partial charge in [-0.2, -0.15) is 4.91 Å². The van der Waals surface area contributed by atoms with Gasteiger partial charge in [0, 0.05) is 17.4 Å². The Morgan fingerprint density at radius 1 is 1.06 bits per heavy atom. The molecule has 5 heteroatoms. The molecule has 1 aromatic heterocycles. The minimum Gasteiger partial charge on any atom is -0.481 e. The normalized spacial score (nSPS) is 15.4. The van der Waals surface area contributed by atoms with Crippen molar-refractivity contribution in [1.82, 2.24) is 0 Å². The van der Waals surface area contributed by atoms with Gasteiger partial charge in [0.2, 0.25) is 0 Å². The molecule has 2 aromatic carbocycles. The fourth-order valence-electron chi connectivity index (χ4n) is 4.70. The lowest BCUT2D eigenvalue weighted by Crippen LogP contribution is -2.16. The van der Waals surface area contributed by atoms with Crippen molar-refractivity contribution in [2.45, 2.75) is 63.8 Å². The topological polar surface area (TPSA) is 79.9 Å². The molecule has 1 aliphatic carbocycles. The summed E-state index contributed by atoms with van der Waals surface area (Å²) in [5.41, 5.74) is 4.07. The first kappa shape index (κ1) is 21.3. The Kier molecular flexibility index (Phi) is 6.80. The van der Waals surface area contributed by atoms with Crippen LogP contribution >= 0.6 is 0 Å². The lowest BCUT2D eigenvalue weighted by Gasteiger charge is -2.16. The first-order chi connectivity index (χ1) is 15.2. The predicted octanol–water partition coefficient (Wildman–Crippen LogP) is 6.62. The van der Waals surface area contributed by atoms with Crippen LogP contribution in [0.1, 0.15) is 67.0 Å². The van der Waals surface area contributed by atoms with Crippen LogP contribution in [0.25, 0.3) is 11.0 Å². The van der Waals surface area contributed by atoms with Gasteiger partial charge in [-0.05, 0) is 62.1 Å². The SMILES string of the molecule is O=NC(CC(CCCCc1ccccc1)C(=O)O)c1ccc2c3c(oc2c1)CCCC3. The molecule has 1 aliphatic rings. The summed E-state index contributed by atoms with van der Waals surface area (Å²) in [5.74, 6) is -0.391. The number of fused-ring (bicyclic) bond motifs is 3. The molecule has 162 valence electrons. The molecule has 3 aromatic rings. The Hall–Kier alpha value is -2.95. The van der Waals surface area contributed by atoms with Gasteiger partial charge in [0.1, 0.15) is 17.4 Å². The van der Waals surface area contributed by atoms with E-state index >= 15 is 0 Å². The van der Waals surface area contributed by atoms with E-state index in [1.807, 2.05) is 36.4 Å². The van der Waals surface area contributed by atoms with Crippen molar-refractivity contribution in [1.29, 1.82) is 0 Å². The van der Waals surface area contributed by atoms with Crippen molar-refractivity contribution in [3.8, 4) is 0 Å². The lowest BCUT2D eigenvalue weighted by molar-refractivity contribution is -0.142. The van der Waals surface area contributed by atoms with E-state index in [1.54, 1.807) is 0 Å². The van der Waals surface area contributed by atoms with Crippen molar-refractivity contribution in [2.24, 2.45) is 11.1 Å². The summed E-state index contributed by atoms with van der Waals surface area (Å²) < 4.78 is 6.04. The first-order valence-electron chi connectivity index (χ1n) is 11.3. The molecule has 4 rings (SSSR count). The third-order valence-corrected chi connectivity index (χ3v) is 6.46. The van der Waals surface area contributed by atoms with Crippen LogP contribution in [0.3, 0.4) is 0 Å². The molecule has 0 spiro atoms. The molecule has 0 aliphatic heterocycles. The molecule has 0 radical (unpaired) electrons. The molecule has 0 bridgehead atoms. The van der Waals surface area contributed by atoms with E-state index < -0.39 is 17.9 Å². The number of nitrogens with zero attached hydrogens (tertiary/aromatic N) is 1. The molecule has 0 saturated heterocycles. The summed E-state index contributed by atoms with van der Waals surface area (Å²) in [4.78, 5) is 23.5. The number of hydrogen-bond acceptors (Lipinski definition) is 4. The van der Waals surface area contributed by atoms with Gasteiger partial charge >= 0.3 is 5.97 Å². The van der Waals surface area contributed by atoms with Gasteiger partial charge in [-0.3, -0.25) is 4.79 Å². The standard InChI is InChI=1S/C26H29NO4/c28-26(29)20(11-5-4-10-18-8-2-1-3-9-18)16-23(27-30)19-14-15-22-21-12-6-7-13-24(21)31-25(22)17-19/h1-3,8-9,14-15,17,20,23H,4-7,10-13,16H2,(H,28,29). The zero-order chi connectivity index (χ0) is 21.6. The van der Waals surface area contributed by atoms with E-state index in [1.165, 1.54) is 17.5 Å². The fourth-order valence-corrected chi connectivity index (χ4v) is 4.70. The van der Waals surface area contributed by atoms with Gasteiger partial charge in [-0.1, -0.05) is 54.1 Å². The number of aryl methyl sites for hydroxylation is 3. The highest BCUT2D eigenvalue weighted by atomic mass is 16.4. The molecule has 31 heavy (non-hydrogen) atoms. The molecule has 2 unspecified atom stereocenters. The van der Waals surface area contributed by atoms with Gasteiger partial charge in [0.25, 0.3) is 0 Å². The smallest absolute Gasteiger partial charge is 0.306 e. The summed E-state index contributed by atoms with van der Waals surface area (Å²) in [6.07, 6.45) is 7.73. The van der Waals surface area contributed by atoms with Gasteiger partial charge in [-0.15, -0.1) is 0 Å². The van der Waals surface area contributed by atoms with Gasteiger partial charge in [0.15, 0.2) is 0 Å². The number of rotatable bonds is 10. The monoisotopic (exact) mass is 419 g/mol. The van der Waals surface area contributed by atoms with E-state index in [0.717, 1.165) is 60.8 Å². The van der Waals surface area contributed by atoms with Crippen LogP contribution in [0.5, 0.6) is 0 Å². The average Bonchev–Trinajstić information content (AvgIpc) is 3.17. The van der Waals surface area contributed by atoms with Crippen LogP contribution in [0, 0.1) is 10.8 Å². The number of aliphatic carboxylic acids is 1. The number of nitroso groups, excluding NO2 is 1. The Balaban J connectivity index is 1.40. The fraction of sp³-hybridized carbons (Fsp3) is 0.423. The zero-order valence-corrected chi connectivity index (χ0v) is 17.8. The maximum Gasteiger partial charge on any atom is 0.306 e. The Morgan fingerprint density at radius 3 is 2.65 bits per heavy atom. The van der Waals surface area contributed by atoms with Crippen molar-refractivity contribution in [3.05, 3.63) is 75.9 Å². The molecule has 1 heterocycles. The molecule has 0 amide bonds. The average molecular weight is 420 g/mol. The van der Waals surface area contributed by atoms with Crippen molar-refractivity contribution < 1.29 is 14.3 Å². The van der Waals surface area contributed by atoms with Crippen LogP contribution in [0.2, 0.25) is 0 Å². The molecule has 0 fully saturated rings. The zero-order valence-electron chi connectivity index (χ0n) is 17.8. The number of furan rings is 1. The van der Waals surface area contributed by atoms with E-state index in [2.05, 4.69) is 17.3 Å². The summed E-state index contributed by atoms with van der Waals surface area (Å²) in [6, 6.07) is 15.3. The number of unbranched alkanes of at least 4 members (excludes halogenated alkanes) is 1. The quantitative estimate of drug-likeness (QED) is 0.296. The van der Waals surface area contributed by atoms with Gasteiger partial charge in [0.05, 0.1) is 5.92 Å². The number of carboxylic acid groups (broad SMARTS) is 1. The van der Waals surface area contributed by atoms with Crippen LogP contribution in [0.15, 0.2) is 58.1 Å². The molecule has 1 N–H and O–H groups in total. The second-order valence-electron chi connectivity index (χ2n) is 8.59. The van der Waals surface area contributed by atoms with Crippen LogP contribution < -0.4 is 0 Å². The van der Waals surface area contributed by atoms with E-state index in [-0.39, 0.29) is 6.42 Å². The number of carboxylic acids is 1. The largest absolute Gasteiger partial charge is 0.481 e. The highest BCUT2D eigenvalue weighted by Crippen LogP contribution is 2.35. The Morgan fingerprint density at radius 2 is 1.87 bits per heavy atom. The first-order valence-corrected chi connectivity index (χ1v) is 11.3. The molecular weight excluding hydrogens is 390 g/mol. The number of benzene rings is 2. The number of hydrogen-bond donors (Lipinski definition) is 1.